The average Bonchev–Trinajstić information content (AvgIpc) is 2.02. The van der Waals surface area contributed by atoms with Crippen molar-refractivity contribution < 1.29 is 9.59 Å². The first-order valence-electron chi connectivity index (χ1n) is 3.80. The molecule has 0 radical (unpaired) electrons. The largest absolute Gasteiger partial charge is 0.370 e. The lowest BCUT2D eigenvalue weighted by Crippen LogP contribution is -2.40. The monoisotopic (exact) mass is 173 g/mol. The smallest absolute Gasteiger partial charge is 0.219 e. The standard InChI is InChI=1S/C7H15N3O2/c1-9-6(4-7(8)12)5-10-2-3-11/h3,6,9-10H,2,4-5H2,1H3,(H2,8,12). The minimum absolute atomic E-state index is 0.00227. The zero-order valence-corrected chi connectivity index (χ0v) is 7.17. The molecule has 0 rings (SSSR count). The third-order valence-corrected chi connectivity index (χ3v) is 1.47. The van der Waals surface area contributed by atoms with Crippen LogP contribution < -0.4 is 16.4 Å². The summed E-state index contributed by atoms with van der Waals surface area (Å²) in [5, 5.41) is 5.77. The van der Waals surface area contributed by atoms with Gasteiger partial charge in [-0.05, 0) is 7.05 Å². The van der Waals surface area contributed by atoms with Crippen LogP contribution in [0.2, 0.25) is 0 Å². The number of likely N-dealkylation sites (N-methyl/N-ethyl adjacent to an activating group) is 1. The molecule has 70 valence electrons. The Morgan fingerprint density at radius 2 is 2.33 bits per heavy atom. The maximum atomic E-state index is 10.5. The summed E-state index contributed by atoms with van der Waals surface area (Å²) >= 11 is 0. The molecule has 5 heteroatoms. The van der Waals surface area contributed by atoms with Gasteiger partial charge in [0.15, 0.2) is 0 Å². The number of nitrogens with one attached hydrogen (secondary N) is 2. The van der Waals surface area contributed by atoms with E-state index in [4.69, 9.17) is 5.73 Å². The summed E-state index contributed by atoms with van der Waals surface area (Å²) in [5.41, 5.74) is 5.00. The predicted octanol–water partition coefficient (Wildman–Crippen LogP) is -1.76. The van der Waals surface area contributed by atoms with Gasteiger partial charge < -0.3 is 21.2 Å². The van der Waals surface area contributed by atoms with Gasteiger partial charge in [-0.15, -0.1) is 0 Å². The second-order valence-electron chi connectivity index (χ2n) is 2.48. The second-order valence-corrected chi connectivity index (χ2v) is 2.48. The molecule has 0 saturated heterocycles. The first-order chi connectivity index (χ1) is 5.70. The molecule has 0 aromatic heterocycles. The van der Waals surface area contributed by atoms with Gasteiger partial charge in [-0.25, -0.2) is 0 Å². The average molecular weight is 173 g/mol. The SMILES string of the molecule is CNC(CNCC=O)CC(N)=O. The number of rotatable bonds is 7. The van der Waals surface area contributed by atoms with Crippen LogP contribution in [-0.4, -0.2) is 38.4 Å². The first kappa shape index (κ1) is 11.1. The Morgan fingerprint density at radius 3 is 2.75 bits per heavy atom. The van der Waals surface area contributed by atoms with E-state index in [2.05, 4.69) is 10.6 Å². The molecule has 1 unspecified atom stereocenters. The van der Waals surface area contributed by atoms with Crippen LogP contribution in [0.15, 0.2) is 0 Å². The highest BCUT2D eigenvalue weighted by Gasteiger charge is 2.07. The lowest BCUT2D eigenvalue weighted by Gasteiger charge is -2.13. The van der Waals surface area contributed by atoms with Crippen molar-refractivity contribution in [2.24, 2.45) is 5.73 Å². The van der Waals surface area contributed by atoms with Crippen LogP contribution in [0.3, 0.4) is 0 Å². The number of amides is 1. The van der Waals surface area contributed by atoms with Gasteiger partial charge in [0.2, 0.25) is 5.91 Å². The summed E-state index contributed by atoms with van der Waals surface area (Å²) in [6, 6.07) is 0.00227. The number of nitrogens with two attached hydrogens (primary N) is 1. The van der Waals surface area contributed by atoms with E-state index in [1.54, 1.807) is 7.05 Å². The van der Waals surface area contributed by atoms with Crippen LogP contribution >= 0.6 is 0 Å². The molecule has 0 aliphatic heterocycles. The van der Waals surface area contributed by atoms with Crippen LogP contribution in [0.25, 0.3) is 0 Å². The van der Waals surface area contributed by atoms with Gasteiger partial charge in [0.1, 0.15) is 6.29 Å². The van der Waals surface area contributed by atoms with Crippen molar-refractivity contribution >= 4 is 12.2 Å². The lowest BCUT2D eigenvalue weighted by atomic mass is 10.2. The van der Waals surface area contributed by atoms with Crippen molar-refractivity contribution in [3.8, 4) is 0 Å². The molecule has 0 bridgehead atoms. The summed E-state index contributed by atoms with van der Waals surface area (Å²) in [6.45, 7) is 0.870. The number of carbonyl (C=O) groups is 2. The van der Waals surface area contributed by atoms with Gasteiger partial charge in [0.25, 0.3) is 0 Å². The van der Waals surface area contributed by atoms with Crippen LogP contribution in [0.5, 0.6) is 0 Å². The normalized spacial score (nSPS) is 12.4. The molecule has 0 aromatic rings. The number of hydrogen-bond acceptors (Lipinski definition) is 4. The van der Waals surface area contributed by atoms with Crippen LogP contribution in [0.4, 0.5) is 0 Å². The van der Waals surface area contributed by atoms with Crippen molar-refractivity contribution in [3.05, 3.63) is 0 Å². The Balaban J connectivity index is 3.52. The molecule has 0 aliphatic rings. The number of hydrogen-bond donors (Lipinski definition) is 3. The third kappa shape index (κ3) is 5.82. The highest BCUT2D eigenvalue weighted by Crippen LogP contribution is 1.86. The molecule has 1 atom stereocenters. The topological polar surface area (TPSA) is 84.2 Å². The van der Waals surface area contributed by atoms with E-state index in [1.165, 1.54) is 0 Å². The second kappa shape index (κ2) is 6.75. The van der Waals surface area contributed by atoms with E-state index < -0.39 is 0 Å². The Bertz CT molecular complexity index is 150. The molecule has 0 heterocycles. The van der Waals surface area contributed by atoms with E-state index in [0.29, 0.717) is 13.1 Å². The summed E-state index contributed by atoms with van der Waals surface area (Å²) in [6.07, 6.45) is 1.05. The fourth-order valence-corrected chi connectivity index (χ4v) is 0.836. The van der Waals surface area contributed by atoms with Gasteiger partial charge in [-0.3, -0.25) is 4.79 Å². The summed E-state index contributed by atoms with van der Waals surface area (Å²) in [4.78, 5) is 20.4. The molecular weight excluding hydrogens is 158 g/mol. The third-order valence-electron chi connectivity index (χ3n) is 1.47. The minimum atomic E-state index is -0.345. The van der Waals surface area contributed by atoms with Crippen molar-refractivity contribution in [1.29, 1.82) is 0 Å². The Labute approximate surface area is 71.7 Å². The molecule has 1 amide bonds. The number of aldehydes is 1. The molecule has 5 nitrogen and oxygen atoms in total. The van der Waals surface area contributed by atoms with E-state index in [-0.39, 0.29) is 18.4 Å². The lowest BCUT2D eigenvalue weighted by molar-refractivity contribution is -0.118. The zero-order chi connectivity index (χ0) is 9.40. The van der Waals surface area contributed by atoms with Gasteiger partial charge >= 0.3 is 0 Å². The Morgan fingerprint density at radius 1 is 1.67 bits per heavy atom. The molecular formula is C7H15N3O2. The van der Waals surface area contributed by atoms with E-state index in [1.807, 2.05) is 0 Å². The van der Waals surface area contributed by atoms with Crippen molar-refractivity contribution in [2.75, 3.05) is 20.1 Å². The fraction of sp³-hybridized carbons (Fsp3) is 0.714. The maximum absolute atomic E-state index is 10.5. The summed E-state index contributed by atoms with van der Waals surface area (Å²) in [7, 11) is 1.75. The van der Waals surface area contributed by atoms with Gasteiger partial charge in [0.05, 0.1) is 6.54 Å². The molecule has 12 heavy (non-hydrogen) atoms. The molecule has 0 aliphatic carbocycles. The maximum Gasteiger partial charge on any atom is 0.219 e. The summed E-state index contributed by atoms with van der Waals surface area (Å²) < 4.78 is 0. The molecule has 0 spiro atoms. The highest BCUT2D eigenvalue weighted by molar-refractivity contribution is 5.74. The van der Waals surface area contributed by atoms with Crippen molar-refractivity contribution in [1.82, 2.24) is 10.6 Å². The molecule has 4 N–H and O–H groups in total. The predicted molar refractivity (Wildman–Crippen MR) is 45.6 cm³/mol. The highest BCUT2D eigenvalue weighted by atomic mass is 16.1. The Kier molecular flexibility index (Phi) is 6.22. The van der Waals surface area contributed by atoms with E-state index in [0.717, 1.165) is 6.29 Å². The number of primary amides is 1. The Hall–Kier alpha value is -0.940. The summed E-state index contributed by atoms with van der Waals surface area (Å²) in [5.74, 6) is -0.345. The van der Waals surface area contributed by atoms with E-state index >= 15 is 0 Å². The van der Waals surface area contributed by atoms with Crippen LogP contribution in [0, 0.1) is 0 Å². The van der Waals surface area contributed by atoms with Gasteiger partial charge in [-0.2, -0.15) is 0 Å². The van der Waals surface area contributed by atoms with E-state index in [9.17, 15) is 9.59 Å². The molecule has 0 aromatic carbocycles. The molecule has 0 saturated carbocycles. The zero-order valence-electron chi connectivity index (χ0n) is 7.17. The van der Waals surface area contributed by atoms with Gasteiger partial charge in [0, 0.05) is 19.0 Å². The first-order valence-corrected chi connectivity index (χ1v) is 3.80. The van der Waals surface area contributed by atoms with Gasteiger partial charge in [-0.1, -0.05) is 0 Å². The minimum Gasteiger partial charge on any atom is -0.370 e. The fourth-order valence-electron chi connectivity index (χ4n) is 0.836. The van der Waals surface area contributed by atoms with Crippen molar-refractivity contribution in [2.45, 2.75) is 12.5 Å². The van der Waals surface area contributed by atoms with Crippen molar-refractivity contribution in [3.63, 3.8) is 0 Å². The number of carbonyl (C=O) groups excluding carboxylic acids is 2. The van der Waals surface area contributed by atoms with Crippen LogP contribution in [-0.2, 0) is 9.59 Å². The van der Waals surface area contributed by atoms with Crippen LogP contribution in [0.1, 0.15) is 6.42 Å². The quantitative estimate of drug-likeness (QED) is 0.314. The molecule has 0 fully saturated rings.